The third-order valence-electron chi connectivity index (χ3n) is 2.28. The first-order valence-electron chi connectivity index (χ1n) is 4.83. The molecule has 0 amide bonds. The first-order valence-corrected chi connectivity index (χ1v) is 6.63. The fourth-order valence-corrected chi connectivity index (χ4v) is 3.04. The summed E-state index contributed by atoms with van der Waals surface area (Å²) in [4.78, 5) is 5.79. The SMILES string of the molecule is Cc1cc(C(Br)Cc2ccncc2)cs1. The van der Waals surface area contributed by atoms with Gasteiger partial charge in [-0.3, -0.25) is 4.98 Å². The highest BCUT2D eigenvalue weighted by atomic mass is 79.9. The van der Waals surface area contributed by atoms with Gasteiger partial charge in [-0.25, -0.2) is 0 Å². The van der Waals surface area contributed by atoms with Gasteiger partial charge in [-0.2, -0.15) is 0 Å². The van der Waals surface area contributed by atoms with Gasteiger partial charge >= 0.3 is 0 Å². The molecule has 2 aromatic rings. The maximum absolute atomic E-state index is 4.02. The van der Waals surface area contributed by atoms with Crippen LogP contribution < -0.4 is 0 Å². The molecule has 0 saturated carbocycles. The number of rotatable bonds is 3. The van der Waals surface area contributed by atoms with Crippen LogP contribution in [0.1, 0.15) is 20.8 Å². The quantitative estimate of drug-likeness (QED) is 0.771. The Morgan fingerprint density at radius 2 is 2.13 bits per heavy atom. The predicted molar refractivity (Wildman–Crippen MR) is 68.7 cm³/mol. The molecule has 2 heterocycles. The largest absolute Gasteiger partial charge is 0.265 e. The summed E-state index contributed by atoms with van der Waals surface area (Å²) < 4.78 is 0. The van der Waals surface area contributed by atoms with Crippen molar-refractivity contribution in [3.05, 3.63) is 52.0 Å². The molecule has 1 nitrogen and oxygen atoms in total. The van der Waals surface area contributed by atoms with E-state index in [1.807, 2.05) is 12.4 Å². The first kappa shape index (κ1) is 10.8. The van der Waals surface area contributed by atoms with Gasteiger partial charge in [-0.15, -0.1) is 11.3 Å². The molecule has 0 aliphatic rings. The monoisotopic (exact) mass is 281 g/mol. The van der Waals surface area contributed by atoms with E-state index in [2.05, 4.69) is 51.4 Å². The zero-order chi connectivity index (χ0) is 10.7. The average molecular weight is 282 g/mol. The van der Waals surface area contributed by atoms with E-state index in [1.54, 1.807) is 11.3 Å². The van der Waals surface area contributed by atoms with Crippen molar-refractivity contribution in [1.82, 2.24) is 4.98 Å². The number of thiophene rings is 1. The van der Waals surface area contributed by atoms with Gasteiger partial charge in [0, 0.05) is 22.1 Å². The van der Waals surface area contributed by atoms with Gasteiger partial charge in [-0.1, -0.05) is 15.9 Å². The molecule has 0 aliphatic carbocycles. The fraction of sp³-hybridized carbons (Fsp3) is 0.250. The Labute approximate surface area is 102 Å². The topological polar surface area (TPSA) is 12.9 Å². The van der Waals surface area contributed by atoms with Crippen molar-refractivity contribution in [2.75, 3.05) is 0 Å². The Morgan fingerprint density at radius 3 is 2.73 bits per heavy atom. The van der Waals surface area contributed by atoms with E-state index < -0.39 is 0 Å². The molecule has 0 N–H and O–H groups in total. The van der Waals surface area contributed by atoms with Crippen LogP contribution in [-0.2, 0) is 6.42 Å². The summed E-state index contributed by atoms with van der Waals surface area (Å²) in [5.41, 5.74) is 2.69. The fourth-order valence-electron chi connectivity index (χ4n) is 1.47. The molecule has 1 unspecified atom stereocenters. The van der Waals surface area contributed by atoms with Crippen LogP contribution in [0.2, 0.25) is 0 Å². The third kappa shape index (κ3) is 2.89. The van der Waals surface area contributed by atoms with E-state index in [9.17, 15) is 0 Å². The molecule has 0 radical (unpaired) electrons. The zero-order valence-electron chi connectivity index (χ0n) is 8.48. The van der Waals surface area contributed by atoms with Crippen molar-refractivity contribution in [3.63, 3.8) is 0 Å². The van der Waals surface area contributed by atoms with Crippen molar-refractivity contribution in [1.29, 1.82) is 0 Å². The van der Waals surface area contributed by atoms with Crippen molar-refractivity contribution >= 4 is 27.3 Å². The molecule has 0 spiro atoms. The van der Waals surface area contributed by atoms with Crippen LogP contribution >= 0.6 is 27.3 Å². The summed E-state index contributed by atoms with van der Waals surface area (Å²) in [6.45, 7) is 2.14. The van der Waals surface area contributed by atoms with Gasteiger partial charge in [0.25, 0.3) is 0 Å². The first-order chi connectivity index (χ1) is 7.25. The highest BCUT2D eigenvalue weighted by molar-refractivity contribution is 9.09. The van der Waals surface area contributed by atoms with Crippen LogP contribution in [0.3, 0.4) is 0 Å². The number of nitrogens with zero attached hydrogens (tertiary/aromatic N) is 1. The lowest BCUT2D eigenvalue weighted by Crippen LogP contribution is -1.93. The molecule has 3 heteroatoms. The van der Waals surface area contributed by atoms with Crippen molar-refractivity contribution < 1.29 is 0 Å². The lowest BCUT2D eigenvalue weighted by molar-refractivity contribution is 0.949. The van der Waals surface area contributed by atoms with E-state index >= 15 is 0 Å². The number of pyridine rings is 1. The number of aromatic nitrogens is 1. The van der Waals surface area contributed by atoms with Gasteiger partial charge < -0.3 is 0 Å². The van der Waals surface area contributed by atoms with Crippen molar-refractivity contribution in [2.24, 2.45) is 0 Å². The van der Waals surface area contributed by atoms with E-state index in [1.165, 1.54) is 16.0 Å². The summed E-state index contributed by atoms with van der Waals surface area (Å²) in [7, 11) is 0. The number of alkyl halides is 1. The van der Waals surface area contributed by atoms with E-state index in [0.29, 0.717) is 4.83 Å². The number of halogens is 1. The zero-order valence-corrected chi connectivity index (χ0v) is 10.9. The Bertz CT molecular complexity index is 424. The summed E-state index contributed by atoms with van der Waals surface area (Å²) in [6, 6.07) is 6.37. The molecule has 0 fully saturated rings. The van der Waals surface area contributed by atoms with Crippen LogP contribution in [0, 0.1) is 6.92 Å². The molecular formula is C12H12BrNS. The van der Waals surface area contributed by atoms with Gasteiger partial charge in [-0.05, 0) is 48.1 Å². The Kier molecular flexibility index (Phi) is 3.54. The summed E-state index contributed by atoms with van der Waals surface area (Å²) >= 11 is 5.52. The second-order valence-corrected chi connectivity index (χ2v) is 5.74. The van der Waals surface area contributed by atoms with Gasteiger partial charge in [0.05, 0.1) is 0 Å². The highest BCUT2D eigenvalue weighted by Gasteiger charge is 2.09. The van der Waals surface area contributed by atoms with E-state index in [-0.39, 0.29) is 0 Å². The van der Waals surface area contributed by atoms with Crippen molar-refractivity contribution in [3.8, 4) is 0 Å². The molecule has 0 aliphatic heterocycles. The normalized spacial score (nSPS) is 12.7. The van der Waals surface area contributed by atoms with Crippen LogP contribution in [0.25, 0.3) is 0 Å². The Hall–Kier alpha value is -0.670. The summed E-state index contributed by atoms with van der Waals surface area (Å²) in [5, 5.41) is 2.22. The molecule has 0 saturated heterocycles. The molecule has 2 rings (SSSR count). The number of hydrogen-bond acceptors (Lipinski definition) is 2. The van der Waals surface area contributed by atoms with E-state index in [4.69, 9.17) is 0 Å². The van der Waals surface area contributed by atoms with Crippen LogP contribution in [0.15, 0.2) is 36.0 Å². The molecule has 0 bridgehead atoms. The minimum atomic E-state index is 0.407. The van der Waals surface area contributed by atoms with Gasteiger partial charge in [0.1, 0.15) is 0 Å². The molecular weight excluding hydrogens is 270 g/mol. The Balaban J connectivity index is 2.07. The van der Waals surface area contributed by atoms with Gasteiger partial charge in [0.15, 0.2) is 0 Å². The number of aryl methyl sites for hydroxylation is 1. The van der Waals surface area contributed by atoms with E-state index in [0.717, 1.165) is 6.42 Å². The van der Waals surface area contributed by atoms with Gasteiger partial charge in [0.2, 0.25) is 0 Å². The smallest absolute Gasteiger partial charge is 0.0443 e. The minimum absolute atomic E-state index is 0.407. The average Bonchev–Trinajstić information content (AvgIpc) is 2.66. The third-order valence-corrected chi connectivity index (χ3v) is 4.01. The Morgan fingerprint density at radius 1 is 1.40 bits per heavy atom. The maximum atomic E-state index is 4.02. The number of hydrogen-bond donors (Lipinski definition) is 0. The second kappa shape index (κ2) is 4.90. The molecule has 15 heavy (non-hydrogen) atoms. The highest BCUT2D eigenvalue weighted by Crippen LogP contribution is 2.30. The molecule has 1 atom stereocenters. The summed E-state index contributed by atoms with van der Waals surface area (Å²) in [5.74, 6) is 0. The van der Waals surface area contributed by atoms with Crippen LogP contribution in [0.4, 0.5) is 0 Å². The van der Waals surface area contributed by atoms with Crippen LogP contribution in [-0.4, -0.2) is 4.98 Å². The standard InChI is InChI=1S/C12H12BrNS/c1-9-6-11(8-15-9)12(13)7-10-2-4-14-5-3-10/h2-6,8,12H,7H2,1H3. The lowest BCUT2D eigenvalue weighted by atomic mass is 10.1. The minimum Gasteiger partial charge on any atom is -0.265 e. The summed E-state index contributed by atoms with van der Waals surface area (Å²) in [6.07, 6.45) is 4.69. The second-order valence-electron chi connectivity index (χ2n) is 3.52. The molecule has 2 aromatic heterocycles. The maximum Gasteiger partial charge on any atom is 0.0443 e. The molecule has 78 valence electrons. The molecule has 0 aromatic carbocycles. The lowest BCUT2D eigenvalue weighted by Gasteiger charge is -2.07. The van der Waals surface area contributed by atoms with Crippen LogP contribution in [0.5, 0.6) is 0 Å². The predicted octanol–water partition coefficient (Wildman–Crippen LogP) is 4.13. The van der Waals surface area contributed by atoms with Crippen molar-refractivity contribution in [2.45, 2.75) is 18.2 Å².